The summed E-state index contributed by atoms with van der Waals surface area (Å²) in [4.78, 5) is 27.4. The molecule has 354 valence electrons. The summed E-state index contributed by atoms with van der Waals surface area (Å²) in [6, 6.07) is 47.7. The predicted molar refractivity (Wildman–Crippen MR) is 244 cm³/mol. The number of hydrogen-bond acceptors (Lipinski definition) is 13. The van der Waals surface area contributed by atoms with Crippen molar-refractivity contribution in [1.82, 2.24) is 4.90 Å². The van der Waals surface area contributed by atoms with Gasteiger partial charge >= 0.3 is 12.1 Å². The highest BCUT2D eigenvalue weighted by molar-refractivity contribution is 5.71. The van der Waals surface area contributed by atoms with Crippen molar-refractivity contribution in [2.45, 2.75) is 107 Å². The van der Waals surface area contributed by atoms with E-state index >= 15 is 0 Å². The lowest BCUT2D eigenvalue weighted by atomic mass is 9.96. The van der Waals surface area contributed by atoms with Gasteiger partial charge in [-0.15, -0.1) is 0 Å². The number of carbonyl (C=O) groups is 2. The Labute approximate surface area is 391 Å². The molecular formula is C53H59NO13. The van der Waals surface area contributed by atoms with Crippen LogP contribution in [0.5, 0.6) is 0 Å². The number of fused-ring (bicyclic) bond motifs is 1. The van der Waals surface area contributed by atoms with Gasteiger partial charge in [-0.3, -0.25) is 9.69 Å². The summed E-state index contributed by atoms with van der Waals surface area (Å²) in [5, 5.41) is 11.7. The SMILES string of the molecule is COC(=O)CCCO[C@@H]1O[C@H](CO[C@@H]2O[C@H](COCc3ccccc3)[C@@H](O)[C@@H]3OC(=O)N(Cc4ccccc4)[C@@H]23)[C@@H](OCc2ccccc2)[C@H](OCc2ccccc2)[C@H]1OCc1ccccc1. The van der Waals surface area contributed by atoms with Crippen LogP contribution in [0.15, 0.2) is 152 Å². The fourth-order valence-electron chi connectivity index (χ4n) is 8.49. The molecule has 5 aromatic rings. The van der Waals surface area contributed by atoms with Crippen LogP contribution in [-0.2, 0) is 85.1 Å². The molecule has 14 nitrogen and oxygen atoms in total. The standard InChI is InChI=1S/C53H59NO13/c1-58-44(55)28-17-29-60-52-50(63-34-41-26-15-6-16-27-41)49(62-33-40-24-13-5-14-25-40)47(61-32-39-22-11-4-12-23-39)43(66-52)36-64-51-45-48(67-53(57)54(45)30-37-18-7-2-8-19-37)46(56)42(65-51)35-59-31-38-20-9-3-10-21-38/h2-16,18-27,42-43,45-52,56H,17,28-36H2,1H3/t42-,43-,45-,46-,47-,48-,49+,50-,51-,52-/m1/s1. The Bertz CT molecular complexity index is 2220. The van der Waals surface area contributed by atoms with E-state index in [1.165, 1.54) is 12.0 Å². The summed E-state index contributed by atoms with van der Waals surface area (Å²) < 4.78 is 64.1. The summed E-state index contributed by atoms with van der Waals surface area (Å²) in [7, 11) is 1.35. The number of rotatable bonds is 23. The van der Waals surface area contributed by atoms with Gasteiger partial charge in [0.25, 0.3) is 0 Å². The van der Waals surface area contributed by atoms with Crippen molar-refractivity contribution in [3.8, 4) is 0 Å². The van der Waals surface area contributed by atoms with Crippen LogP contribution in [0.4, 0.5) is 4.79 Å². The average Bonchev–Trinajstić information content (AvgIpc) is 3.70. The zero-order chi connectivity index (χ0) is 46.2. The Hall–Kier alpha value is -5.52. The molecule has 1 amide bonds. The van der Waals surface area contributed by atoms with E-state index in [1.807, 2.05) is 152 Å². The minimum absolute atomic E-state index is 0.00453. The van der Waals surface area contributed by atoms with E-state index in [4.69, 9.17) is 47.4 Å². The van der Waals surface area contributed by atoms with E-state index in [0.29, 0.717) is 6.42 Å². The highest BCUT2D eigenvalue weighted by atomic mass is 16.7. The number of methoxy groups -OCH3 is 1. The van der Waals surface area contributed by atoms with Crippen molar-refractivity contribution < 1.29 is 62.1 Å². The van der Waals surface area contributed by atoms with Gasteiger partial charge in [0.1, 0.15) is 42.7 Å². The maximum Gasteiger partial charge on any atom is 0.411 e. The number of aliphatic hydroxyl groups is 1. The molecule has 1 N–H and O–H groups in total. The highest BCUT2D eigenvalue weighted by Crippen LogP contribution is 2.37. The number of ether oxygens (including phenoxy) is 10. The molecule has 3 fully saturated rings. The molecule has 0 bridgehead atoms. The van der Waals surface area contributed by atoms with Gasteiger partial charge in [-0.1, -0.05) is 152 Å². The van der Waals surface area contributed by atoms with Crippen molar-refractivity contribution in [2.75, 3.05) is 26.9 Å². The summed E-state index contributed by atoms with van der Waals surface area (Å²) in [5.74, 6) is -0.356. The molecule has 0 unspecified atom stereocenters. The molecule has 3 aliphatic rings. The van der Waals surface area contributed by atoms with Gasteiger partial charge in [-0.05, 0) is 34.2 Å². The zero-order valence-corrected chi connectivity index (χ0v) is 37.6. The first-order valence-electron chi connectivity index (χ1n) is 22.8. The molecule has 3 heterocycles. The van der Waals surface area contributed by atoms with Crippen LogP contribution in [0.1, 0.15) is 40.7 Å². The predicted octanol–water partition coefficient (Wildman–Crippen LogP) is 7.15. The molecule has 3 aliphatic heterocycles. The van der Waals surface area contributed by atoms with Gasteiger partial charge in [-0.25, -0.2) is 4.79 Å². The monoisotopic (exact) mass is 917 g/mol. The fourth-order valence-corrected chi connectivity index (χ4v) is 8.49. The Morgan fingerprint density at radius 3 is 1.61 bits per heavy atom. The van der Waals surface area contributed by atoms with Gasteiger partial charge in [0.2, 0.25) is 0 Å². The maximum atomic E-state index is 13.7. The first-order chi connectivity index (χ1) is 32.9. The Morgan fingerprint density at radius 1 is 0.567 bits per heavy atom. The van der Waals surface area contributed by atoms with Crippen LogP contribution in [0.3, 0.4) is 0 Å². The van der Waals surface area contributed by atoms with E-state index in [0.717, 1.165) is 27.8 Å². The first-order valence-corrected chi connectivity index (χ1v) is 22.8. The summed E-state index contributed by atoms with van der Waals surface area (Å²) in [6.45, 7) is 1.12. The summed E-state index contributed by atoms with van der Waals surface area (Å²) in [5.41, 5.74) is 4.61. The van der Waals surface area contributed by atoms with Gasteiger partial charge < -0.3 is 52.5 Å². The van der Waals surface area contributed by atoms with E-state index in [-0.39, 0.29) is 65.2 Å². The van der Waals surface area contributed by atoms with Gasteiger partial charge in [0, 0.05) is 13.0 Å². The third kappa shape index (κ3) is 13.1. The maximum absolute atomic E-state index is 13.7. The second kappa shape index (κ2) is 24.5. The van der Waals surface area contributed by atoms with Crippen LogP contribution in [0, 0.1) is 0 Å². The number of carbonyl (C=O) groups excluding carboxylic acids is 2. The first kappa shape index (κ1) is 48.0. The molecule has 0 aromatic heterocycles. The lowest BCUT2D eigenvalue weighted by Gasteiger charge is -2.47. The lowest BCUT2D eigenvalue weighted by molar-refractivity contribution is -0.339. The Kier molecular flexibility index (Phi) is 17.5. The molecule has 0 aliphatic carbocycles. The minimum Gasteiger partial charge on any atom is -0.469 e. The smallest absolute Gasteiger partial charge is 0.411 e. The molecule has 8 rings (SSSR count). The minimum atomic E-state index is -1.22. The molecule has 0 radical (unpaired) electrons. The lowest BCUT2D eigenvalue weighted by Crippen LogP contribution is -2.64. The van der Waals surface area contributed by atoms with Crippen LogP contribution < -0.4 is 0 Å². The van der Waals surface area contributed by atoms with E-state index in [9.17, 15) is 14.7 Å². The largest absolute Gasteiger partial charge is 0.469 e. The topological polar surface area (TPSA) is 150 Å². The quantitative estimate of drug-likeness (QED) is 0.0523. The number of benzene rings is 5. The molecule has 3 saturated heterocycles. The Morgan fingerprint density at radius 2 is 1.06 bits per heavy atom. The molecule has 10 atom stereocenters. The van der Waals surface area contributed by atoms with Crippen molar-refractivity contribution in [1.29, 1.82) is 0 Å². The van der Waals surface area contributed by atoms with Crippen molar-refractivity contribution in [3.63, 3.8) is 0 Å². The van der Waals surface area contributed by atoms with Crippen molar-refractivity contribution in [2.24, 2.45) is 0 Å². The van der Waals surface area contributed by atoms with E-state index in [2.05, 4.69) is 0 Å². The third-order valence-corrected chi connectivity index (χ3v) is 12.0. The molecule has 0 saturated carbocycles. The highest BCUT2D eigenvalue weighted by Gasteiger charge is 2.57. The second-order valence-corrected chi connectivity index (χ2v) is 16.7. The molecule has 5 aromatic carbocycles. The number of nitrogens with zero attached hydrogens (tertiary/aromatic N) is 1. The number of aliphatic hydroxyl groups excluding tert-OH is 1. The van der Waals surface area contributed by atoms with Crippen LogP contribution in [-0.4, -0.2) is 110 Å². The fraction of sp³-hybridized carbons (Fsp3) is 0.396. The normalized spacial score (nSPS) is 25.9. The third-order valence-electron chi connectivity index (χ3n) is 12.0. The van der Waals surface area contributed by atoms with Crippen molar-refractivity contribution in [3.05, 3.63) is 179 Å². The van der Waals surface area contributed by atoms with Gasteiger partial charge in [0.05, 0.1) is 53.4 Å². The van der Waals surface area contributed by atoms with Crippen LogP contribution >= 0.6 is 0 Å². The molecular weight excluding hydrogens is 859 g/mol. The van der Waals surface area contributed by atoms with E-state index in [1.54, 1.807) is 0 Å². The molecule has 14 heteroatoms. The zero-order valence-electron chi connectivity index (χ0n) is 37.6. The molecule has 0 spiro atoms. The van der Waals surface area contributed by atoms with Crippen molar-refractivity contribution >= 4 is 12.1 Å². The molecule has 67 heavy (non-hydrogen) atoms. The van der Waals surface area contributed by atoms with Gasteiger partial charge in [0.15, 0.2) is 18.7 Å². The average molecular weight is 918 g/mol. The van der Waals surface area contributed by atoms with Crippen LogP contribution in [0.2, 0.25) is 0 Å². The van der Waals surface area contributed by atoms with Crippen LogP contribution in [0.25, 0.3) is 0 Å². The Balaban J connectivity index is 1.10. The summed E-state index contributed by atoms with van der Waals surface area (Å²) in [6.07, 6.45) is -8.64. The summed E-state index contributed by atoms with van der Waals surface area (Å²) >= 11 is 0. The number of hydrogen-bond donors (Lipinski definition) is 1. The van der Waals surface area contributed by atoms with Gasteiger partial charge in [-0.2, -0.15) is 0 Å². The number of esters is 1. The second-order valence-electron chi connectivity index (χ2n) is 16.7. The van der Waals surface area contributed by atoms with E-state index < -0.39 is 67.4 Å². The number of amides is 1.